The lowest BCUT2D eigenvalue weighted by Crippen LogP contribution is -2.16. The topological polar surface area (TPSA) is 29.1 Å². The monoisotopic (exact) mass is 465 g/mol. The number of hydrogen-bond donors (Lipinski definition) is 1. The molecule has 2 aromatic rings. The van der Waals surface area contributed by atoms with Gasteiger partial charge in [0.15, 0.2) is 0 Å². The van der Waals surface area contributed by atoms with Crippen LogP contribution in [-0.2, 0) is 17.6 Å². The Labute approximate surface area is 208 Å². The van der Waals surface area contributed by atoms with Crippen LogP contribution in [0.15, 0.2) is 73.3 Å². The number of carbonyl (C=O) groups excluding carboxylic acids is 1. The quantitative estimate of drug-likeness (QED) is 0.298. The van der Waals surface area contributed by atoms with Gasteiger partial charge in [-0.3, -0.25) is 4.79 Å². The SMILES string of the molecule is C=CCC.CC(=O)C(C)Cc1ccccc1.CCC/C=C(\NC(C)=S)c1cccc(CC)c1. The third-order valence-corrected chi connectivity index (χ3v) is 5.06. The van der Waals surface area contributed by atoms with E-state index in [2.05, 4.69) is 75.1 Å². The molecular weight excluding hydrogens is 422 g/mol. The second-order valence-corrected chi connectivity index (χ2v) is 8.65. The summed E-state index contributed by atoms with van der Waals surface area (Å²) in [6.45, 7) is 15.4. The van der Waals surface area contributed by atoms with Gasteiger partial charge in [-0.25, -0.2) is 0 Å². The van der Waals surface area contributed by atoms with Gasteiger partial charge in [0.25, 0.3) is 0 Å². The fourth-order valence-corrected chi connectivity index (χ4v) is 2.90. The van der Waals surface area contributed by atoms with E-state index in [1.807, 2.05) is 38.1 Å². The van der Waals surface area contributed by atoms with Crippen LogP contribution in [0.3, 0.4) is 0 Å². The van der Waals surface area contributed by atoms with E-state index in [0.29, 0.717) is 0 Å². The standard InChI is InChI=1S/C15H21NS.C11H14O.C4H8/c1-4-6-10-15(16-12(3)17)14-9-7-8-13(5-2)11-14;1-9(10(2)12)8-11-6-4-3-5-7-11;1-3-4-2/h7-11H,4-6H2,1-3H3,(H,16,17);3-7,9H,8H2,1-2H3;3H,1,4H2,2H3/b15-10-;;. The molecule has 180 valence electrons. The van der Waals surface area contributed by atoms with E-state index in [9.17, 15) is 4.79 Å². The molecule has 33 heavy (non-hydrogen) atoms. The fourth-order valence-electron chi connectivity index (χ4n) is 2.79. The maximum absolute atomic E-state index is 10.9. The smallest absolute Gasteiger partial charge is 0.132 e. The normalized spacial score (nSPS) is 11.2. The molecule has 2 nitrogen and oxygen atoms in total. The molecule has 1 N–H and O–H groups in total. The van der Waals surface area contributed by atoms with E-state index < -0.39 is 0 Å². The van der Waals surface area contributed by atoms with E-state index in [0.717, 1.165) is 42.8 Å². The van der Waals surface area contributed by atoms with Gasteiger partial charge < -0.3 is 5.32 Å². The summed E-state index contributed by atoms with van der Waals surface area (Å²) in [5.74, 6) is 0.409. The summed E-state index contributed by atoms with van der Waals surface area (Å²) in [7, 11) is 0. The van der Waals surface area contributed by atoms with Crippen LogP contribution in [0.2, 0.25) is 0 Å². The Morgan fingerprint density at radius 1 is 1.03 bits per heavy atom. The first kappa shape index (κ1) is 30.5. The number of aryl methyl sites for hydroxylation is 1. The molecule has 0 fully saturated rings. The van der Waals surface area contributed by atoms with Gasteiger partial charge in [-0.15, -0.1) is 6.58 Å². The van der Waals surface area contributed by atoms with Gasteiger partial charge in [-0.05, 0) is 62.3 Å². The summed E-state index contributed by atoms with van der Waals surface area (Å²) in [6.07, 6.45) is 9.32. The number of thiocarbonyl (C=S) groups is 1. The second-order valence-electron chi connectivity index (χ2n) is 8.04. The van der Waals surface area contributed by atoms with E-state index in [4.69, 9.17) is 12.2 Å². The van der Waals surface area contributed by atoms with E-state index >= 15 is 0 Å². The van der Waals surface area contributed by atoms with Crippen molar-refractivity contribution in [1.82, 2.24) is 5.32 Å². The van der Waals surface area contributed by atoms with Crippen molar-refractivity contribution in [2.24, 2.45) is 5.92 Å². The molecule has 0 aliphatic heterocycles. The maximum atomic E-state index is 10.9. The molecular formula is C30H43NOS. The Hall–Kier alpha value is -2.52. The fraction of sp³-hybridized carbons (Fsp3) is 0.400. The van der Waals surface area contributed by atoms with E-state index in [1.54, 1.807) is 6.92 Å². The largest absolute Gasteiger partial charge is 0.350 e. The van der Waals surface area contributed by atoms with Crippen molar-refractivity contribution in [2.45, 2.75) is 73.6 Å². The molecule has 1 atom stereocenters. The van der Waals surface area contributed by atoms with Gasteiger partial charge in [0, 0.05) is 11.6 Å². The Morgan fingerprint density at radius 2 is 1.64 bits per heavy atom. The second kappa shape index (κ2) is 19.0. The lowest BCUT2D eigenvalue weighted by molar-refractivity contribution is -0.120. The first-order chi connectivity index (χ1) is 15.8. The Bertz CT molecular complexity index is 855. The highest BCUT2D eigenvalue weighted by atomic mass is 32.1. The van der Waals surface area contributed by atoms with Crippen molar-refractivity contribution in [3.63, 3.8) is 0 Å². The van der Waals surface area contributed by atoms with E-state index in [1.165, 1.54) is 16.7 Å². The van der Waals surface area contributed by atoms with Gasteiger partial charge in [0.1, 0.15) is 5.78 Å². The predicted octanol–water partition coefficient (Wildman–Crippen LogP) is 8.36. The van der Waals surface area contributed by atoms with Crippen LogP contribution < -0.4 is 5.32 Å². The van der Waals surface area contributed by atoms with Gasteiger partial charge in [0.2, 0.25) is 0 Å². The van der Waals surface area contributed by atoms with Crippen LogP contribution in [0, 0.1) is 5.92 Å². The van der Waals surface area contributed by atoms with Crippen LogP contribution in [0.25, 0.3) is 5.70 Å². The third kappa shape index (κ3) is 15.0. The number of Topliss-reactive ketones (excluding diaryl/α,β-unsaturated/α-hetero) is 1. The number of unbranched alkanes of at least 4 members (excludes halogenated alkanes) is 1. The molecule has 0 aromatic heterocycles. The van der Waals surface area contributed by atoms with Gasteiger partial charge in [-0.1, -0.05) is 107 Å². The minimum atomic E-state index is 0.146. The van der Waals surface area contributed by atoms with Crippen molar-refractivity contribution in [3.05, 3.63) is 90.0 Å². The molecule has 0 radical (unpaired) electrons. The average Bonchev–Trinajstić information content (AvgIpc) is 2.82. The Kier molecular flexibility index (Phi) is 17.5. The minimum absolute atomic E-state index is 0.146. The van der Waals surface area contributed by atoms with Gasteiger partial charge >= 0.3 is 0 Å². The number of carbonyl (C=O) groups is 1. The van der Waals surface area contributed by atoms with E-state index in [-0.39, 0.29) is 11.7 Å². The van der Waals surface area contributed by atoms with Crippen LogP contribution in [0.5, 0.6) is 0 Å². The first-order valence-corrected chi connectivity index (χ1v) is 12.4. The summed E-state index contributed by atoms with van der Waals surface area (Å²) >= 11 is 5.13. The Balaban J connectivity index is 0.000000556. The number of allylic oxidation sites excluding steroid dienone is 2. The number of rotatable bonds is 9. The summed E-state index contributed by atoms with van der Waals surface area (Å²) < 4.78 is 0. The highest BCUT2D eigenvalue weighted by Crippen LogP contribution is 2.15. The molecule has 0 aliphatic carbocycles. The zero-order valence-electron chi connectivity index (χ0n) is 21.5. The summed E-state index contributed by atoms with van der Waals surface area (Å²) in [4.78, 5) is 11.8. The number of hydrogen-bond acceptors (Lipinski definition) is 2. The predicted molar refractivity (Wildman–Crippen MR) is 151 cm³/mol. The minimum Gasteiger partial charge on any atom is -0.350 e. The number of nitrogens with one attached hydrogen (secondary N) is 1. The summed E-state index contributed by atoms with van der Waals surface area (Å²) in [5.41, 5.74) is 4.95. The van der Waals surface area contributed by atoms with Crippen LogP contribution in [-0.4, -0.2) is 10.8 Å². The summed E-state index contributed by atoms with van der Waals surface area (Å²) in [5, 5.41) is 3.27. The molecule has 1 unspecified atom stereocenters. The van der Waals surface area contributed by atoms with Crippen molar-refractivity contribution in [3.8, 4) is 0 Å². The maximum Gasteiger partial charge on any atom is 0.132 e. The Morgan fingerprint density at radius 3 is 2.12 bits per heavy atom. The molecule has 0 heterocycles. The van der Waals surface area contributed by atoms with Crippen LogP contribution in [0.1, 0.15) is 77.5 Å². The van der Waals surface area contributed by atoms with Crippen LogP contribution in [0.4, 0.5) is 0 Å². The van der Waals surface area contributed by atoms with Crippen LogP contribution >= 0.6 is 12.2 Å². The molecule has 0 bridgehead atoms. The molecule has 0 saturated carbocycles. The third-order valence-electron chi connectivity index (χ3n) is 4.96. The molecule has 3 heteroatoms. The van der Waals surface area contributed by atoms with Gasteiger partial charge in [0.05, 0.1) is 4.99 Å². The first-order valence-electron chi connectivity index (χ1n) is 12.0. The summed E-state index contributed by atoms with van der Waals surface area (Å²) in [6, 6.07) is 18.7. The molecule has 0 amide bonds. The lowest BCUT2D eigenvalue weighted by Gasteiger charge is -2.11. The molecule has 0 saturated heterocycles. The van der Waals surface area contributed by atoms with Gasteiger partial charge in [-0.2, -0.15) is 0 Å². The number of ketones is 1. The molecule has 2 aromatic carbocycles. The average molecular weight is 466 g/mol. The molecule has 0 spiro atoms. The number of benzene rings is 2. The lowest BCUT2D eigenvalue weighted by atomic mass is 9.98. The molecule has 0 aliphatic rings. The zero-order valence-corrected chi connectivity index (χ0v) is 22.3. The van der Waals surface area contributed by atoms with Crippen molar-refractivity contribution in [2.75, 3.05) is 0 Å². The van der Waals surface area contributed by atoms with Crippen molar-refractivity contribution >= 4 is 28.7 Å². The highest BCUT2D eigenvalue weighted by Gasteiger charge is 2.07. The zero-order chi connectivity index (χ0) is 25.1. The molecule has 2 rings (SSSR count). The van der Waals surface area contributed by atoms with Crippen molar-refractivity contribution < 1.29 is 4.79 Å². The highest BCUT2D eigenvalue weighted by molar-refractivity contribution is 7.80. The van der Waals surface area contributed by atoms with Crippen molar-refractivity contribution in [1.29, 1.82) is 0 Å².